The van der Waals surface area contributed by atoms with E-state index in [2.05, 4.69) is 5.32 Å². The SMILES string of the molecule is CC(O)CN(C)c1cccc(F)c1CNC(C)(C)C. The number of aliphatic hydroxyl groups excluding tert-OH is 1. The molecule has 0 saturated heterocycles. The molecule has 0 aliphatic rings. The molecule has 1 aromatic carbocycles. The van der Waals surface area contributed by atoms with E-state index in [1.54, 1.807) is 13.0 Å². The molecule has 1 rings (SSSR count). The Balaban J connectivity index is 2.95. The van der Waals surface area contributed by atoms with Crippen LogP contribution in [0.15, 0.2) is 18.2 Å². The maximum Gasteiger partial charge on any atom is 0.129 e. The Morgan fingerprint density at radius 3 is 2.53 bits per heavy atom. The van der Waals surface area contributed by atoms with Gasteiger partial charge in [-0.2, -0.15) is 0 Å². The molecule has 0 bridgehead atoms. The van der Waals surface area contributed by atoms with E-state index >= 15 is 0 Å². The minimum absolute atomic E-state index is 0.0671. The van der Waals surface area contributed by atoms with E-state index in [0.717, 1.165) is 5.69 Å². The summed E-state index contributed by atoms with van der Waals surface area (Å²) in [6, 6.07) is 5.05. The summed E-state index contributed by atoms with van der Waals surface area (Å²) in [7, 11) is 1.86. The summed E-state index contributed by atoms with van der Waals surface area (Å²) in [4.78, 5) is 1.88. The Morgan fingerprint density at radius 1 is 1.37 bits per heavy atom. The molecular formula is C15H25FN2O. The van der Waals surface area contributed by atoms with Gasteiger partial charge in [0.15, 0.2) is 0 Å². The van der Waals surface area contributed by atoms with Gasteiger partial charge >= 0.3 is 0 Å². The van der Waals surface area contributed by atoms with Crippen molar-refractivity contribution in [2.75, 3.05) is 18.5 Å². The predicted octanol–water partition coefficient (Wildman–Crippen LogP) is 2.53. The molecule has 0 aliphatic carbocycles. The Kier molecular flexibility index (Phi) is 5.32. The first kappa shape index (κ1) is 15.9. The standard InChI is InChI=1S/C15H25FN2O/c1-11(19)10-18(5)14-8-6-7-13(16)12(14)9-17-15(2,3)4/h6-8,11,17,19H,9-10H2,1-5H3. The maximum absolute atomic E-state index is 14.0. The molecule has 0 heterocycles. The van der Waals surface area contributed by atoms with Crippen LogP contribution in [0.4, 0.5) is 10.1 Å². The van der Waals surface area contributed by atoms with Crippen molar-refractivity contribution in [3.63, 3.8) is 0 Å². The zero-order chi connectivity index (χ0) is 14.6. The fraction of sp³-hybridized carbons (Fsp3) is 0.600. The van der Waals surface area contributed by atoms with Crippen LogP contribution < -0.4 is 10.2 Å². The van der Waals surface area contributed by atoms with E-state index in [1.165, 1.54) is 6.07 Å². The smallest absolute Gasteiger partial charge is 0.129 e. The van der Waals surface area contributed by atoms with Crippen molar-refractivity contribution >= 4 is 5.69 Å². The lowest BCUT2D eigenvalue weighted by atomic mass is 10.1. The van der Waals surface area contributed by atoms with Crippen LogP contribution >= 0.6 is 0 Å². The van der Waals surface area contributed by atoms with Gasteiger partial charge in [-0.05, 0) is 39.8 Å². The van der Waals surface area contributed by atoms with Crippen LogP contribution in [0, 0.1) is 5.82 Å². The van der Waals surface area contributed by atoms with Gasteiger partial charge in [0, 0.05) is 36.9 Å². The minimum Gasteiger partial charge on any atom is -0.392 e. The first-order valence-corrected chi connectivity index (χ1v) is 6.62. The van der Waals surface area contributed by atoms with E-state index in [1.807, 2.05) is 38.8 Å². The van der Waals surface area contributed by atoms with Crippen LogP contribution in [0.1, 0.15) is 33.3 Å². The molecule has 0 spiro atoms. The highest BCUT2D eigenvalue weighted by Crippen LogP contribution is 2.23. The second-order valence-electron chi connectivity index (χ2n) is 6.07. The van der Waals surface area contributed by atoms with E-state index in [0.29, 0.717) is 18.7 Å². The van der Waals surface area contributed by atoms with Crippen molar-refractivity contribution in [3.05, 3.63) is 29.6 Å². The van der Waals surface area contributed by atoms with E-state index in [-0.39, 0.29) is 11.4 Å². The van der Waals surface area contributed by atoms with Gasteiger partial charge in [0.25, 0.3) is 0 Å². The van der Waals surface area contributed by atoms with Crippen LogP contribution in [0.5, 0.6) is 0 Å². The number of halogens is 1. The van der Waals surface area contributed by atoms with Crippen LogP contribution in [-0.2, 0) is 6.54 Å². The summed E-state index contributed by atoms with van der Waals surface area (Å²) in [6.45, 7) is 8.82. The molecule has 1 unspecified atom stereocenters. The normalized spacial score (nSPS) is 13.4. The monoisotopic (exact) mass is 268 g/mol. The van der Waals surface area contributed by atoms with Crippen molar-refractivity contribution in [2.24, 2.45) is 0 Å². The average molecular weight is 268 g/mol. The number of hydrogen-bond acceptors (Lipinski definition) is 3. The fourth-order valence-corrected chi connectivity index (χ4v) is 1.93. The molecule has 0 aliphatic heterocycles. The van der Waals surface area contributed by atoms with Gasteiger partial charge in [-0.1, -0.05) is 6.07 Å². The summed E-state index contributed by atoms with van der Waals surface area (Å²) in [5.74, 6) is -0.216. The highest BCUT2D eigenvalue weighted by atomic mass is 19.1. The number of nitrogens with zero attached hydrogens (tertiary/aromatic N) is 1. The molecule has 19 heavy (non-hydrogen) atoms. The number of benzene rings is 1. The molecule has 0 fully saturated rings. The van der Waals surface area contributed by atoms with Crippen molar-refractivity contribution < 1.29 is 9.50 Å². The van der Waals surface area contributed by atoms with Gasteiger partial charge in [-0.3, -0.25) is 0 Å². The molecule has 108 valence electrons. The quantitative estimate of drug-likeness (QED) is 0.861. The summed E-state index contributed by atoms with van der Waals surface area (Å²) in [5.41, 5.74) is 1.39. The van der Waals surface area contributed by atoms with Crippen molar-refractivity contribution in [2.45, 2.75) is 45.9 Å². The molecular weight excluding hydrogens is 243 g/mol. The first-order chi connectivity index (χ1) is 8.70. The van der Waals surface area contributed by atoms with Crippen LogP contribution in [0.25, 0.3) is 0 Å². The first-order valence-electron chi connectivity index (χ1n) is 6.62. The predicted molar refractivity (Wildman–Crippen MR) is 77.9 cm³/mol. The van der Waals surface area contributed by atoms with Crippen molar-refractivity contribution in [1.29, 1.82) is 0 Å². The lowest BCUT2D eigenvalue weighted by Gasteiger charge is -2.26. The van der Waals surface area contributed by atoms with Gasteiger partial charge in [0.05, 0.1) is 6.10 Å². The van der Waals surface area contributed by atoms with Gasteiger partial charge in [-0.25, -0.2) is 4.39 Å². The Labute approximate surface area is 115 Å². The van der Waals surface area contributed by atoms with Crippen molar-refractivity contribution in [3.8, 4) is 0 Å². The summed E-state index contributed by atoms with van der Waals surface area (Å²) in [6.07, 6.45) is -0.448. The number of nitrogens with one attached hydrogen (secondary N) is 1. The van der Waals surface area contributed by atoms with Gasteiger partial charge in [0.2, 0.25) is 0 Å². The second kappa shape index (κ2) is 6.35. The number of anilines is 1. The Bertz CT molecular complexity index is 413. The molecule has 0 amide bonds. The Hall–Kier alpha value is -1.13. The van der Waals surface area contributed by atoms with Crippen molar-refractivity contribution in [1.82, 2.24) is 5.32 Å². The minimum atomic E-state index is -0.448. The highest BCUT2D eigenvalue weighted by Gasteiger charge is 2.16. The maximum atomic E-state index is 14.0. The van der Waals surface area contributed by atoms with E-state index < -0.39 is 6.10 Å². The largest absolute Gasteiger partial charge is 0.392 e. The fourth-order valence-electron chi connectivity index (χ4n) is 1.93. The Morgan fingerprint density at radius 2 is 2.00 bits per heavy atom. The van der Waals surface area contributed by atoms with Crippen LogP contribution in [-0.4, -0.2) is 30.3 Å². The summed E-state index contributed by atoms with van der Waals surface area (Å²) >= 11 is 0. The summed E-state index contributed by atoms with van der Waals surface area (Å²) in [5, 5.41) is 12.8. The molecule has 0 radical (unpaired) electrons. The zero-order valence-corrected chi connectivity index (χ0v) is 12.5. The third kappa shape index (κ3) is 5.17. The molecule has 1 atom stereocenters. The number of likely N-dealkylation sites (N-methyl/N-ethyl adjacent to an activating group) is 1. The lowest BCUT2D eigenvalue weighted by Crippen LogP contribution is -2.36. The van der Waals surface area contributed by atoms with Gasteiger partial charge in [0.1, 0.15) is 5.82 Å². The number of aliphatic hydroxyl groups is 1. The lowest BCUT2D eigenvalue weighted by molar-refractivity contribution is 0.201. The molecule has 4 heteroatoms. The third-order valence-corrected chi connectivity index (χ3v) is 2.84. The number of rotatable bonds is 5. The molecule has 0 saturated carbocycles. The highest BCUT2D eigenvalue weighted by molar-refractivity contribution is 5.53. The number of hydrogen-bond donors (Lipinski definition) is 2. The van der Waals surface area contributed by atoms with Gasteiger partial charge in [-0.15, -0.1) is 0 Å². The zero-order valence-electron chi connectivity index (χ0n) is 12.5. The van der Waals surface area contributed by atoms with Crippen LogP contribution in [0.2, 0.25) is 0 Å². The molecule has 1 aromatic rings. The molecule has 3 nitrogen and oxygen atoms in total. The van der Waals surface area contributed by atoms with Crippen LogP contribution in [0.3, 0.4) is 0 Å². The molecule has 2 N–H and O–H groups in total. The topological polar surface area (TPSA) is 35.5 Å². The van der Waals surface area contributed by atoms with E-state index in [9.17, 15) is 9.50 Å². The third-order valence-electron chi connectivity index (χ3n) is 2.84. The van der Waals surface area contributed by atoms with Gasteiger partial charge < -0.3 is 15.3 Å². The average Bonchev–Trinajstić information content (AvgIpc) is 2.24. The second-order valence-corrected chi connectivity index (χ2v) is 6.07. The summed E-state index contributed by atoms with van der Waals surface area (Å²) < 4.78 is 14.0. The molecule has 0 aromatic heterocycles. The van der Waals surface area contributed by atoms with E-state index in [4.69, 9.17) is 0 Å².